The van der Waals surface area contributed by atoms with Crippen LogP contribution in [0, 0.1) is 5.92 Å². The van der Waals surface area contributed by atoms with E-state index >= 15 is 0 Å². The number of hydrogen-bond acceptors (Lipinski definition) is 2. The van der Waals surface area contributed by atoms with Crippen LogP contribution in [0.1, 0.15) is 82.4 Å². The number of hydrogen-bond donors (Lipinski definition) is 1. The van der Waals surface area contributed by atoms with Gasteiger partial charge in [0.25, 0.3) is 0 Å². The van der Waals surface area contributed by atoms with E-state index in [-0.39, 0.29) is 17.4 Å². The monoisotopic (exact) mass is 356 g/mol. The van der Waals surface area contributed by atoms with Gasteiger partial charge in [-0.05, 0) is 68.2 Å². The molecule has 2 aliphatic rings. The maximum Gasteiger partial charge on any atom is 0.217 e. The lowest BCUT2D eigenvalue weighted by Gasteiger charge is -2.33. The average molecular weight is 357 g/mol. The maximum absolute atomic E-state index is 11.7. The molecule has 0 spiro atoms. The van der Waals surface area contributed by atoms with Crippen LogP contribution in [0.4, 0.5) is 0 Å². The summed E-state index contributed by atoms with van der Waals surface area (Å²) in [5, 5.41) is 3.19. The lowest BCUT2D eigenvalue weighted by Crippen LogP contribution is -2.34. The topological polar surface area (TPSA) is 32.3 Å². The predicted molar refractivity (Wildman–Crippen MR) is 108 cm³/mol. The molecule has 2 aliphatic carbocycles. The number of rotatable bonds is 7. The van der Waals surface area contributed by atoms with Gasteiger partial charge in [0.1, 0.15) is 0 Å². The van der Waals surface area contributed by atoms with Gasteiger partial charge in [0.05, 0.1) is 6.04 Å². The van der Waals surface area contributed by atoms with Crippen molar-refractivity contribution in [2.45, 2.75) is 76.7 Å². The molecule has 1 N–H and O–H groups in total. The van der Waals surface area contributed by atoms with Gasteiger partial charge in [0, 0.05) is 13.5 Å². The van der Waals surface area contributed by atoms with Gasteiger partial charge in [-0.15, -0.1) is 0 Å². The van der Waals surface area contributed by atoms with Crippen molar-refractivity contribution in [1.82, 2.24) is 10.2 Å². The number of benzene rings is 1. The third-order valence-corrected chi connectivity index (χ3v) is 6.82. The average Bonchev–Trinajstić information content (AvgIpc) is 2.95. The third-order valence-electron chi connectivity index (χ3n) is 6.82. The molecule has 0 heterocycles. The zero-order chi connectivity index (χ0) is 18.6. The first-order valence-electron chi connectivity index (χ1n) is 10.6. The van der Waals surface area contributed by atoms with Gasteiger partial charge in [-0.2, -0.15) is 0 Å². The van der Waals surface area contributed by atoms with E-state index in [2.05, 4.69) is 48.5 Å². The molecule has 0 bridgehead atoms. The molecule has 144 valence electrons. The molecule has 0 saturated heterocycles. The van der Waals surface area contributed by atoms with E-state index in [0.717, 1.165) is 25.3 Å². The largest absolute Gasteiger partial charge is 0.349 e. The van der Waals surface area contributed by atoms with Crippen molar-refractivity contribution in [2.75, 3.05) is 20.1 Å². The van der Waals surface area contributed by atoms with Crippen molar-refractivity contribution in [2.24, 2.45) is 5.92 Å². The number of carbonyl (C=O) groups is 1. The van der Waals surface area contributed by atoms with E-state index in [0.29, 0.717) is 0 Å². The fourth-order valence-corrected chi connectivity index (χ4v) is 5.32. The summed E-state index contributed by atoms with van der Waals surface area (Å²) < 4.78 is 0. The molecule has 1 aromatic rings. The normalized spacial score (nSPS) is 26.1. The van der Waals surface area contributed by atoms with Crippen LogP contribution < -0.4 is 5.32 Å². The first-order chi connectivity index (χ1) is 12.5. The molecule has 1 amide bonds. The van der Waals surface area contributed by atoms with Gasteiger partial charge in [0.2, 0.25) is 5.91 Å². The molecule has 1 aromatic carbocycles. The summed E-state index contributed by atoms with van der Waals surface area (Å²) in [5.41, 5.74) is 3.00. The Bertz CT molecular complexity index is 608. The fraction of sp³-hybridized carbons (Fsp3) is 0.696. The molecule has 2 atom stereocenters. The van der Waals surface area contributed by atoms with Gasteiger partial charge in [0.15, 0.2) is 0 Å². The molecular weight excluding hydrogens is 320 g/mol. The molecule has 0 aromatic heterocycles. The Morgan fingerprint density at radius 1 is 1.23 bits per heavy atom. The first kappa shape index (κ1) is 19.4. The first-order valence-corrected chi connectivity index (χ1v) is 10.6. The van der Waals surface area contributed by atoms with Crippen LogP contribution in [0.3, 0.4) is 0 Å². The maximum atomic E-state index is 11.7. The molecule has 1 unspecified atom stereocenters. The van der Waals surface area contributed by atoms with Crippen molar-refractivity contribution < 1.29 is 4.79 Å². The molecule has 3 rings (SSSR count). The minimum Gasteiger partial charge on any atom is -0.349 e. The van der Waals surface area contributed by atoms with Crippen molar-refractivity contribution in [1.29, 1.82) is 0 Å². The highest BCUT2D eigenvalue weighted by atomic mass is 16.1. The number of nitrogens with one attached hydrogen (secondary N) is 1. The zero-order valence-electron chi connectivity index (χ0n) is 16.9. The van der Waals surface area contributed by atoms with Crippen LogP contribution in [0.2, 0.25) is 0 Å². The second-order valence-electron chi connectivity index (χ2n) is 8.69. The quantitative estimate of drug-likeness (QED) is 0.760. The molecule has 0 radical (unpaired) electrons. The molecule has 3 heteroatoms. The van der Waals surface area contributed by atoms with Crippen molar-refractivity contribution in [3.05, 3.63) is 35.4 Å². The minimum absolute atomic E-state index is 0.0751. The number of carbonyl (C=O) groups excluding carboxylic acids is 1. The summed E-state index contributed by atoms with van der Waals surface area (Å²) in [6.07, 6.45) is 10.5. The van der Waals surface area contributed by atoms with E-state index in [1.165, 1.54) is 56.2 Å². The van der Waals surface area contributed by atoms with Crippen LogP contribution >= 0.6 is 0 Å². The van der Waals surface area contributed by atoms with E-state index in [4.69, 9.17) is 0 Å². The Kier molecular flexibility index (Phi) is 6.39. The van der Waals surface area contributed by atoms with Crippen LogP contribution in [-0.2, 0) is 10.2 Å². The smallest absolute Gasteiger partial charge is 0.217 e. The number of fused-ring (bicyclic) bond motifs is 1. The van der Waals surface area contributed by atoms with Crippen LogP contribution in [0.5, 0.6) is 0 Å². The second kappa shape index (κ2) is 8.56. The van der Waals surface area contributed by atoms with Crippen LogP contribution in [0.25, 0.3) is 0 Å². The third kappa shape index (κ3) is 4.31. The van der Waals surface area contributed by atoms with E-state index < -0.39 is 0 Å². The standard InChI is InChI=1S/C23H36N2O/c1-4-23(14-15-25(3)17-19-10-6-5-7-11-19)16-22(24-18(2)26)20-12-8-9-13-21(20)23/h8-9,12-13,19,22H,4-7,10-11,14-17H2,1-3H3,(H,24,26)/t22-,23?/m0/s1. The number of nitrogens with zero attached hydrogens (tertiary/aromatic N) is 1. The SMILES string of the molecule is CCC1(CCN(C)CC2CCCCC2)C[C@H](NC(C)=O)c2ccccc21. The van der Waals surface area contributed by atoms with Gasteiger partial charge in [-0.25, -0.2) is 0 Å². The fourth-order valence-electron chi connectivity index (χ4n) is 5.32. The Balaban J connectivity index is 1.67. The predicted octanol–water partition coefficient (Wildman–Crippen LogP) is 4.82. The summed E-state index contributed by atoms with van der Waals surface area (Å²) in [7, 11) is 2.30. The minimum atomic E-state index is 0.0751. The molecule has 3 nitrogen and oxygen atoms in total. The van der Waals surface area contributed by atoms with E-state index in [1.54, 1.807) is 6.92 Å². The van der Waals surface area contributed by atoms with Gasteiger partial charge in [-0.3, -0.25) is 4.79 Å². The van der Waals surface area contributed by atoms with Crippen LogP contribution in [-0.4, -0.2) is 30.9 Å². The van der Waals surface area contributed by atoms with Gasteiger partial charge < -0.3 is 10.2 Å². The summed E-state index contributed by atoms with van der Waals surface area (Å²) in [6.45, 7) is 6.34. The lowest BCUT2D eigenvalue weighted by molar-refractivity contribution is -0.119. The highest BCUT2D eigenvalue weighted by molar-refractivity contribution is 5.73. The van der Waals surface area contributed by atoms with E-state index in [1.807, 2.05) is 0 Å². The molecule has 0 aliphatic heterocycles. The van der Waals surface area contributed by atoms with Gasteiger partial charge >= 0.3 is 0 Å². The summed E-state index contributed by atoms with van der Waals surface area (Å²) in [6, 6.07) is 8.94. The zero-order valence-corrected chi connectivity index (χ0v) is 16.9. The highest BCUT2D eigenvalue weighted by Gasteiger charge is 2.42. The van der Waals surface area contributed by atoms with Crippen molar-refractivity contribution in [3.8, 4) is 0 Å². The molecular formula is C23H36N2O. The van der Waals surface area contributed by atoms with E-state index in [9.17, 15) is 4.79 Å². The van der Waals surface area contributed by atoms with Crippen molar-refractivity contribution in [3.63, 3.8) is 0 Å². The second-order valence-corrected chi connectivity index (χ2v) is 8.69. The van der Waals surface area contributed by atoms with Gasteiger partial charge in [-0.1, -0.05) is 50.5 Å². The Morgan fingerprint density at radius 2 is 1.96 bits per heavy atom. The summed E-state index contributed by atoms with van der Waals surface area (Å²) in [4.78, 5) is 14.2. The van der Waals surface area contributed by atoms with Crippen molar-refractivity contribution >= 4 is 5.91 Å². The molecule has 26 heavy (non-hydrogen) atoms. The Hall–Kier alpha value is -1.35. The highest BCUT2D eigenvalue weighted by Crippen LogP contribution is 2.49. The molecule has 1 fully saturated rings. The van der Waals surface area contributed by atoms with Crippen LogP contribution in [0.15, 0.2) is 24.3 Å². The summed E-state index contributed by atoms with van der Waals surface area (Å²) in [5.74, 6) is 0.973. The lowest BCUT2D eigenvalue weighted by atomic mass is 9.76. The Morgan fingerprint density at radius 3 is 2.65 bits per heavy atom. The molecule has 1 saturated carbocycles. The summed E-state index contributed by atoms with van der Waals surface area (Å²) >= 11 is 0. The Labute approximate surface area is 159 Å². The number of amides is 1.